The Balaban J connectivity index is 2.33. The highest BCUT2D eigenvalue weighted by atomic mass is 16.1. The maximum Gasteiger partial charge on any atom is 0.225 e. The van der Waals surface area contributed by atoms with Crippen molar-refractivity contribution in [2.45, 2.75) is 39.2 Å². The quantitative estimate of drug-likeness (QED) is 0.682. The van der Waals surface area contributed by atoms with Crippen LogP contribution in [0.5, 0.6) is 0 Å². The summed E-state index contributed by atoms with van der Waals surface area (Å²) in [5, 5.41) is 2.94. The molecule has 1 aromatic carbocycles. The molecule has 0 unspecified atom stereocenters. The van der Waals surface area contributed by atoms with Crippen LogP contribution in [0.1, 0.15) is 38.2 Å². The monoisotopic (exact) mass is 277 g/mol. The predicted octanol–water partition coefficient (Wildman–Crippen LogP) is 2.60. The topological polar surface area (TPSA) is 58.4 Å². The molecule has 1 amide bonds. The Morgan fingerprint density at radius 2 is 2.00 bits per heavy atom. The molecular weight excluding hydrogens is 250 g/mol. The number of nitrogens with zero attached hydrogens (tertiary/aromatic N) is 1. The van der Waals surface area contributed by atoms with Gasteiger partial charge in [0.15, 0.2) is 0 Å². The number of hydrogen-bond acceptors (Lipinski definition) is 3. The van der Waals surface area contributed by atoms with Gasteiger partial charge in [0.2, 0.25) is 5.91 Å². The molecule has 20 heavy (non-hydrogen) atoms. The van der Waals surface area contributed by atoms with Gasteiger partial charge >= 0.3 is 0 Å². The second-order valence-corrected chi connectivity index (χ2v) is 5.17. The van der Waals surface area contributed by atoms with Crippen LogP contribution in [0.3, 0.4) is 0 Å². The molecule has 1 rings (SSSR count). The molecule has 0 radical (unpaired) electrons. The summed E-state index contributed by atoms with van der Waals surface area (Å²) in [6.07, 6.45) is 4.19. The van der Waals surface area contributed by atoms with Crippen molar-refractivity contribution in [2.75, 3.05) is 25.5 Å². The summed E-state index contributed by atoms with van der Waals surface area (Å²) in [7, 11) is 2.07. The molecule has 3 N–H and O–H groups in total. The van der Waals surface area contributed by atoms with Crippen molar-refractivity contribution in [1.82, 2.24) is 4.90 Å². The van der Waals surface area contributed by atoms with Gasteiger partial charge in [-0.25, -0.2) is 0 Å². The number of rotatable bonds is 9. The van der Waals surface area contributed by atoms with E-state index >= 15 is 0 Å². The van der Waals surface area contributed by atoms with Crippen LogP contribution in [0.25, 0.3) is 0 Å². The predicted molar refractivity (Wildman–Crippen MR) is 84.6 cm³/mol. The van der Waals surface area contributed by atoms with E-state index < -0.39 is 0 Å². The number of anilines is 1. The summed E-state index contributed by atoms with van der Waals surface area (Å²) in [6, 6.07) is 7.67. The van der Waals surface area contributed by atoms with Gasteiger partial charge in [0.25, 0.3) is 0 Å². The fraction of sp³-hybridized carbons (Fsp3) is 0.562. The number of nitrogens with one attached hydrogen (secondary N) is 1. The van der Waals surface area contributed by atoms with E-state index in [0.29, 0.717) is 13.0 Å². The Morgan fingerprint density at radius 3 is 2.70 bits per heavy atom. The lowest BCUT2D eigenvalue weighted by Crippen LogP contribution is -2.25. The zero-order valence-corrected chi connectivity index (χ0v) is 12.7. The van der Waals surface area contributed by atoms with Crippen molar-refractivity contribution < 1.29 is 4.79 Å². The molecule has 0 atom stereocenters. The third-order valence-corrected chi connectivity index (χ3v) is 3.38. The number of unbranched alkanes of at least 4 members (excludes halogenated alkanes) is 2. The number of hydrogen-bond donors (Lipinski definition) is 2. The van der Waals surface area contributed by atoms with Gasteiger partial charge in [-0.05, 0) is 31.6 Å². The van der Waals surface area contributed by atoms with Crippen LogP contribution < -0.4 is 11.1 Å². The minimum Gasteiger partial charge on any atom is -0.326 e. The van der Waals surface area contributed by atoms with Crippen LogP contribution in [-0.2, 0) is 11.3 Å². The zero-order chi connectivity index (χ0) is 14.8. The Hall–Kier alpha value is -1.39. The minimum atomic E-state index is 0.0493. The van der Waals surface area contributed by atoms with E-state index in [1.807, 2.05) is 24.3 Å². The second kappa shape index (κ2) is 9.50. The van der Waals surface area contributed by atoms with Crippen molar-refractivity contribution in [2.24, 2.45) is 5.73 Å². The first-order valence-electron chi connectivity index (χ1n) is 7.43. The average molecular weight is 277 g/mol. The molecule has 0 aliphatic heterocycles. The average Bonchev–Trinajstić information content (AvgIpc) is 2.46. The lowest BCUT2D eigenvalue weighted by Gasteiger charge is -2.16. The highest BCUT2D eigenvalue weighted by Crippen LogP contribution is 2.14. The molecule has 0 spiro atoms. The fourth-order valence-corrected chi connectivity index (χ4v) is 2.07. The molecule has 0 aliphatic carbocycles. The number of amides is 1. The van der Waals surface area contributed by atoms with Crippen molar-refractivity contribution in [3.63, 3.8) is 0 Å². The highest BCUT2D eigenvalue weighted by molar-refractivity contribution is 5.91. The smallest absolute Gasteiger partial charge is 0.225 e. The summed E-state index contributed by atoms with van der Waals surface area (Å²) in [5.41, 5.74) is 7.45. The van der Waals surface area contributed by atoms with Crippen LogP contribution >= 0.6 is 0 Å². The second-order valence-electron chi connectivity index (χ2n) is 5.17. The third kappa shape index (κ3) is 6.17. The largest absolute Gasteiger partial charge is 0.326 e. The molecule has 0 fully saturated rings. The molecular formula is C16H27N3O. The van der Waals surface area contributed by atoms with Crippen LogP contribution in [0.15, 0.2) is 24.3 Å². The summed E-state index contributed by atoms with van der Waals surface area (Å²) in [6.45, 7) is 4.48. The Morgan fingerprint density at radius 1 is 1.25 bits per heavy atom. The van der Waals surface area contributed by atoms with Crippen molar-refractivity contribution in [1.29, 1.82) is 0 Å². The van der Waals surface area contributed by atoms with Crippen molar-refractivity contribution in [3.05, 3.63) is 29.8 Å². The van der Waals surface area contributed by atoms with Gasteiger partial charge in [-0.2, -0.15) is 0 Å². The van der Waals surface area contributed by atoms with Crippen LogP contribution in [0, 0.1) is 0 Å². The van der Waals surface area contributed by atoms with Gasteiger partial charge in [-0.1, -0.05) is 38.0 Å². The molecule has 0 bridgehead atoms. The molecule has 4 nitrogen and oxygen atoms in total. The first kappa shape index (κ1) is 16.7. The number of para-hydroxylation sites is 1. The zero-order valence-electron chi connectivity index (χ0n) is 12.7. The standard InChI is InChI=1S/C16H27N3O/c1-3-4-7-11-19(2)12-10-16(20)18-15-9-6-5-8-14(15)13-17/h5-6,8-9H,3-4,7,10-13,17H2,1-2H3,(H,18,20). The Labute approximate surface area is 122 Å². The molecule has 0 saturated carbocycles. The van der Waals surface area contributed by atoms with Crippen LogP contribution in [-0.4, -0.2) is 30.9 Å². The maximum atomic E-state index is 11.9. The van der Waals surface area contributed by atoms with Crippen LogP contribution in [0.2, 0.25) is 0 Å². The summed E-state index contributed by atoms with van der Waals surface area (Å²) >= 11 is 0. The summed E-state index contributed by atoms with van der Waals surface area (Å²) in [4.78, 5) is 14.1. The molecule has 4 heteroatoms. The lowest BCUT2D eigenvalue weighted by atomic mass is 10.1. The number of carbonyl (C=O) groups excluding carboxylic acids is 1. The first-order valence-corrected chi connectivity index (χ1v) is 7.43. The SMILES string of the molecule is CCCCCN(C)CCC(=O)Nc1ccccc1CN. The van der Waals surface area contributed by atoms with E-state index in [1.54, 1.807) is 0 Å². The van der Waals surface area contributed by atoms with E-state index in [4.69, 9.17) is 5.73 Å². The molecule has 1 aromatic rings. The normalized spacial score (nSPS) is 10.8. The Kier molecular flexibility index (Phi) is 7.92. The first-order chi connectivity index (χ1) is 9.67. The Bertz CT molecular complexity index is 406. The van der Waals surface area contributed by atoms with Crippen molar-refractivity contribution in [3.8, 4) is 0 Å². The number of benzene rings is 1. The molecule has 0 aliphatic rings. The van der Waals surface area contributed by atoms with Gasteiger partial charge in [0, 0.05) is 25.2 Å². The van der Waals surface area contributed by atoms with Crippen LogP contribution in [0.4, 0.5) is 5.69 Å². The van der Waals surface area contributed by atoms with Gasteiger partial charge in [0.1, 0.15) is 0 Å². The van der Waals surface area contributed by atoms with E-state index in [2.05, 4.69) is 24.2 Å². The van der Waals surface area contributed by atoms with Gasteiger partial charge in [-0.15, -0.1) is 0 Å². The van der Waals surface area contributed by atoms with E-state index in [0.717, 1.165) is 24.3 Å². The molecule has 0 heterocycles. The highest BCUT2D eigenvalue weighted by Gasteiger charge is 2.07. The van der Waals surface area contributed by atoms with Gasteiger partial charge in [-0.3, -0.25) is 4.79 Å². The third-order valence-electron chi connectivity index (χ3n) is 3.38. The number of nitrogens with two attached hydrogens (primary N) is 1. The van der Waals surface area contributed by atoms with E-state index in [9.17, 15) is 4.79 Å². The van der Waals surface area contributed by atoms with Gasteiger partial charge < -0.3 is 16.0 Å². The summed E-state index contributed by atoms with van der Waals surface area (Å²) < 4.78 is 0. The molecule has 112 valence electrons. The molecule has 0 saturated heterocycles. The van der Waals surface area contributed by atoms with Crippen molar-refractivity contribution >= 4 is 11.6 Å². The molecule has 0 aromatic heterocycles. The van der Waals surface area contributed by atoms with E-state index in [-0.39, 0.29) is 5.91 Å². The minimum absolute atomic E-state index is 0.0493. The lowest BCUT2D eigenvalue weighted by molar-refractivity contribution is -0.116. The summed E-state index contributed by atoms with van der Waals surface area (Å²) in [5.74, 6) is 0.0493. The number of carbonyl (C=O) groups is 1. The van der Waals surface area contributed by atoms with Gasteiger partial charge in [0.05, 0.1) is 0 Å². The van der Waals surface area contributed by atoms with E-state index in [1.165, 1.54) is 19.3 Å². The fourth-order valence-electron chi connectivity index (χ4n) is 2.07. The maximum absolute atomic E-state index is 11.9.